The highest BCUT2D eigenvalue weighted by molar-refractivity contribution is 5.30. The van der Waals surface area contributed by atoms with Crippen LogP contribution in [-0.2, 0) is 11.3 Å². The van der Waals surface area contributed by atoms with Crippen LogP contribution in [-0.4, -0.2) is 35.8 Å². The van der Waals surface area contributed by atoms with Crippen molar-refractivity contribution < 1.29 is 4.74 Å². The lowest BCUT2D eigenvalue weighted by Crippen LogP contribution is -2.42. The molecule has 2 rings (SSSR count). The minimum absolute atomic E-state index is 0.247. The first-order valence-electron chi connectivity index (χ1n) is 5.17. The second kappa shape index (κ2) is 4.55. The maximum atomic E-state index is 5.49. The molecule has 1 aliphatic rings. The van der Waals surface area contributed by atoms with Gasteiger partial charge in [-0.15, -0.1) is 0 Å². The van der Waals surface area contributed by atoms with E-state index in [2.05, 4.69) is 21.8 Å². The van der Waals surface area contributed by atoms with Crippen LogP contribution in [0.1, 0.15) is 12.5 Å². The first kappa shape index (κ1) is 10.3. The van der Waals surface area contributed by atoms with Crippen molar-refractivity contribution in [3.63, 3.8) is 0 Å². The third kappa shape index (κ3) is 2.43. The molecule has 0 bridgehead atoms. The Morgan fingerprint density at radius 1 is 1.53 bits per heavy atom. The van der Waals surface area contributed by atoms with Gasteiger partial charge in [0.2, 0.25) is 5.95 Å². The summed E-state index contributed by atoms with van der Waals surface area (Å²) in [4.78, 5) is 10.7. The van der Waals surface area contributed by atoms with Crippen molar-refractivity contribution in [3.8, 4) is 0 Å². The van der Waals surface area contributed by atoms with Gasteiger partial charge in [0.1, 0.15) is 0 Å². The van der Waals surface area contributed by atoms with E-state index in [9.17, 15) is 0 Å². The lowest BCUT2D eigenvalue weighted by molar-refractivity contribution is 0.0526. The predicted molar refractivity (Wildman–Crippen MR) is 57.6 cm³/mol. The fraction of sp³-hybridized carbons (Fsp3) is 0.600. The Morgan fingerprint density at radius 3 is 2.87 bits per heavy atom. The van der Waals surface area contributed by atoms with E-state index in [4.69, 9.17) is 10.5 Å². The number of rotatable bonds is 2. The average molecular weight is 208 g/mol. The van der Waals surface area contributed by atoms with Gasteiger partial charge in [0, 0.05) is 37.6 Å². The Kier molecular flexibility index (Phi) is 3.13. The average Bonchev–Trinajstić information content (AvgIpc) is 2.29. The quantitative estimate of drug-likeness (QED) is 0.750. The molecule has 82 valence electrons. The number of ether oxygens (including phenoxy) is 1. The molecule has 0 saturated carbocycles. The van der Waals surface area contributed by atoms with Gasteiger partial charge in [-0.1, -0.05) is 0 Å². The summed E-state index contributed by atoms with van der Waals surface area (Å²) in [5.41, 5.74) is 6.45. The minimum Gasteiger partial charge on any atom is -0.375 e. The molecule has 0 amide bonds. The molecule has 1 fully saturated rings. The molecule has 0 aromatic carbocycles. The third-order valence-corrected chi connectivity index (χ3v) is 2.45. The zero-order chi connectivity index (χ0) is 10.7. The Hall–Kier alpha value is -1.20. The lowest BCUT2D eigenvalue weighted by atomic mass is 10.3. The van der Waals surface area contributed by atoms with Gasteiger partial charge in [0.15, 0.2) is 0 Å². The Bertz CT molecular complexity index is 314. The summed E-state index contributed by atoms with van der Waals surface area (Å²) in [5, 5.41) is 0. The zero-order valence-electron chi connectivity index (χ0n) is 8.89. The van der Waals surface area contributed by atoms with Crippen molar-refractivity contribution in [1.82, 2.24) is 9.97 Å². The Labute approximate surface area is 89.3 Å². The summed E-state index contributed by atoms with van der Waals surface area (Å²) in [5.74, 6) is 0.766. The molecule has 1 atom stereocenters. The molecule has 0 aliphatic carbocycles. The zero-order valence-corrected chi connectivity index (χ0v) is 8.89. The second-order valence-electron chi connectivity index (χ2n) is 3.72. The topological polar surface area (TPSA) is 64.3 Å². The molecule has 0 spiro atoms. The summed E-state index contributed by atoms with van der Waals surface area (Å²) in [6, 6.07) is 0. The summed E-state index contributed by atoms with van der Waals surface area (Å²) in [6.45, 7) is 4.98. The summed E-state index contributed by atoms with van der Waals surface area (Å²) in [6.07, 6.45) is 3.81. The van der Waals surface area contributed by atoms with Crippen LogP contribution < -0.4 is 10.6 Å². The van der Waals surface area contributed by atoms with Gasteiger partial charge >= 0.3 is 0 Å². The van der Waals surface area contributed by atoms with E-state index in [0.717, 1.165) is 31.2 Å². The predicted octanol–water partition coefficient (Wildman–Crippen LogP) is 0.160. The molecule has 1 aromatic heterocycles. The maximum absolute atomic E-state index is 5.49. The van der Waals surface area contributed by atoms with Gasteiger partial charge in [-0.05, 0) is 6.92 Å². The van der Waals surface area contributed by atoms with Crippen molar-refractivity contribution in [3.05, 3.63) is 18.0 Å². The minimum atomic E-state index is 0.247. The standard InChI is InChI=1S/C10H16N4O/c1-8-7-14(2-3-15-8)10-12-5-9(4-11)6-13-10/h5-6,8H,2-4,7,11H2,1H3. The van der Waals surface area contributed by atoms with E-state index < -0.39 is 0 Å². The van der Waals surface area contributed by atoms with Crippen LogP contribution in [0.3, 0.4) is 0 Å². The van der Waals surface area contributed by atoms with Gasteiger partial charge in [0.05, 0.1) is 12.7 Å². The van der Waals surface area contributed by atoms with Crippen LogP contribution in [0.25, 0.3) is 0 Å². The number of hydrogen-bond donors (Lipinski definition) is 1. The fourth-order valence-electron chi connectivity index (χ4n) is 1.62. The van der Waals surface area contributed by atoms with Crippen LogP contribution in [0.4, 0.5) is 5.95 Å². The first-order valence-corrected chi connectivity index (χ1v) is 5.17. The Balaban J connectivity index is 2.07. The molecule has 1 aromatic rings. The van der Waals surface area contributed by atoms with Crippen molar-refractivity contribution in [1.29, 1.82) is 0 Å². The van der Waals surface area contributed by atoms with Gasteiger partial charge in [0.25, 0.3) is 0 Å². The number of morpholine rings is 1. The number of nitrogens with zero attached hydrogens (tertiary/aromatic N) is 3. The van der Waals surface area contributed by atoms with E-state index in [1.54, 1.807) is 12.4 Å². The highest BCUT2D eigenvalue weighted by Crippen LogP contribution is 2.12. The van der Waals surface area contributed by atoms with Crippen molar-refractivity contribution in [2.45, 2.75) is 19.6 Å². The van der Waals surface area contributed by atoms with Crippen molar-refractivity contribution in [2.24, 2.45) is 5.73 Å². The molecule has 1 saturated heterocycles. The Morgan fingerprint density at radius 2 is 2.27 bits per heavy atom. The molecule has 1 aliphatic heterocycles. The lowest BCUT2D eigenvalue weighted by Gasteiger charge is -2.31. The van der Waals surface area contributed by atoms with Crippen LogP contribution in [0.15, 0.2) is 12.4 Å². The monoisotopic (exact) mass is 208 g/mol. The van der Waals surface area contributed by atoms with Gasteiger partial charge in [-0.25, -0.2) is 9.97 Å². The molecule has 2 N–H and O–H groups in total. The molecular formula is C10H16N4O. The molecule has 2 heterocycles. The SMILES string of the molecule is CC1CN(c2ncc(CN)cn2)CCO1. The molecular weight excluding hydrogens is 192 g/mol. The molecule has 5 heteroatoms. The molecule has 1 unspecified atom stereocenters. The highest BCUT2D eigenvalue weighted by atomic mass is 16.5. The molecule has 5 nitrogen and oxygen atoms in total. The first-order chi connectivity index (χ1) is 7.29. The van der Waals surface area contributed by atoms with Crippen LogP contribution >= 0.6 is 0 Å². The van der Waals surface area contributed by atoms with E-state index in [1.807, 2.05) is 0 Å². The van der Waals surface area contributed by atoms with Crippen molar-refractivity contribution in [2.75, 3.05) is 24.6 Å². The molecule has 15 heavy (non-hydrogen) atoms. The highest BCUT2D eigenvalue weighted by Gasteiger charge is 2.18. The number of hydrogen-bond acceptors (Lipinski definition) is 5. The van der Waals surface area contributed by atoms with Crippen LogP contribution in [0.5, 0.6) is 0 Å². The van der Waals surface area contributed by atoms with Gasteiger partial charge in [-0.3, -0.25) is 0 Å². The second-order valence-corrected chi connectivity index (χ2v) is 3.72. The largest absolute Gasteiger partial charge is 0.375 e. The van der Waals surface area contributed by atoms with Gasteiger partial charge < -0.3 is 15.4 Å². The number of aromatic nitrogens is 2. The van der Waals surface area contributed by atoms with E-state index in [0.29, 0.717) is 6.54 Å². The third-order valence-electron chi connectivity index (χ3n) is 2.45. The van der Waals surface area contributed by atoms with E-state index >= 15 is 0 Å². The number of nitrogens with two attached hydrogens (primary N) is 1. The van der Waals surface area contributed by atoms with Gasteiger partial charge in [-0.2, -0.15) is 0 Å². The molecule has 0 radical (unpaired) electrons. The number of anilines is 1. The fourth-order valence-corrected chi connectivity index (χ4v) is 1.62. The van der Waals surface area contributed by atoms with Crippen molar-refractivity contribution >= 4 is 5.95 Å². The van der Waals surface area contributed by atoms with E-state index in [-0.39, 0.29) is 6.10 Å². The normalized spacial score (nSPS) is 21.7. The van der Waals surface area contributed by atoms with E-state index in [1.165, 1.54) is 0 Å². The summed E-state index contributed by atoms with van der Waals surface area (Å²) in [7, 11) is 0. The van der Waals surface area contributed by atoms with Crippen LogP contribution in [0.2, 0.25) is 0 Å². The smallest absolute Gasteiger partial charge is 0.225 e. The summed E-state index contributed by atoms with van der Waals surface area (Å²) < 4.78 is 5.46. The maximum Gasteiger partial charge on any atom is 0.225 e. The summed E-state index contributed by atoms with van der Waals surface area (Å²) >= 11 is 0. The van der Waals surface area contributed by atoms with Crippen LogP contribution in [0, 0.1) is 0 Å².